The number of anilines is 1. The topological polar surface area (TPSA) is 153 Å². The molecule has 2 aromatic rings. The van der Waals surface area contributed by atoms with E-state index in [2.05, 4.69) is 30.7 Å². The van der Waals surface area contributed by atoms with Gasteiger partial charge in [0.1, 0.15) is 10.6 Å². The molecule has 0 radical (unpaired) electrons. The van der Waals surface area contributed by atoms with Crippen LogP contribution < -0.4 is 15.4 Å². The summed E-state index contributed by atoms with van der Waals surface area (Å²) in [6.45, 7) is 10.0. The number of piperazine rings is 1. The molecule has 0 aromatic carbocycles. The van der Waals surface area contributed by atoms with Crippen molar-refractivity contribution in [2.75, 3.05) is 71.8 Å². The highest BCUT2D eigenvalue weighted by atomic mass is 32.2. The number of aromatic amines is 1. The number of hydrogen-bond acceptors (Lipinski definition) is 9. The van der Waals surface area contributed by atoms with Gasteiger partial charge in [-0.05, 0) is 53.0 Å². The molecule has 13 nitrogen and oxygen atoms in total. The minimum Gasteiger partial charge on any atom is -0.476 e. The molecule has 2 aromatic heterocycles. The van der Waals surface area contributed by atoms with Gasteiger partial charge in [0.05, 0.1) is 18.4 Å². The van der Waals surface area contributed by atoms with Crippen LogP contribution in [-0.2, 0) is 16.4 Å². The first-order chi connectivity index (χ1) is 18.6. The van der Waals surface area contributed by atoms with Gasteiger partial charge in [0.15, 0.2) is 5.69 Å². The molecule has 0 spiro atoms. The van der Waals surface area contributed by atoms with Gasteiger partial charge in [-0.15, -0.1) is 0 Å². The van der Waals surface area contributed by atoms with Gasteiger partial charge in [-0.25, -0.2) is 13.4 Å². The standard InChI is InChI=1S/C25H40N8O5S/c1-6-19-21(22(30-29-19)24(35)26-10-9-11-31(4)5)23(34)28-20-16-18(17-27-25(20)38-8-3)39(36,37)33-14-12-32(7-2)13-15-33/h16-17H,6-15H2,1-5H3,(H,26,35)(H,28,34)(H,29,30). The number of aromatic nitrogens is 3. The number of rotatable bonds is 13. The van der Waals surface area contributed by atoms with E-state index in [1.165, 1.54) is 16.6 Å². The van der Waals surface area contributed by atoms with Crippen molar-refractivity contribution in [1.29, 1.82) is 0 Å². The highest BCUT2D eigenvalue weighted by Gasteiger charge is 2.30. The lowest BCUT2D eigenvalue weighted by Crippen LogP contribution is -2.48. The Kier molecular flexibility index (Phi) is 10.8. The minimum absolute atomic E-state index is 0.0299. The molecule has 3 N–H and O–H groups in total. The van der Waals surface area contributed by atoms with E-state index in [1.807, 2.05) is 32.8 Å². The highest BCUT2D eigenvalue weighted by molar-refractivity contribution is 7.89. The van der Waals surface area contributed by atoms with Crippen LogP contribution in [0, 0.1) is 0 Å². The molecule has 2 amide bonds. The Morgan fingerprint density at radius 1 is 1.13 bits per heavy atom. The third-order valence-corrected chi connectivity index (χ3v) is 8.34. The fourth-order valence-corrected chi connectivity index (χ4v) is 5.65. The number of ether oxygens (including phenoxy) is 1. The highest BCUT2D eigenvalue weighted by Crippen LogP contribution is 2.28. The molecule has 1 saturated heterocycles. The molecule has 0 saturated carbocycles. The summed E-state index contributed by atoms with van der Waals surface area (Å²) in [6, 6.07) is 1.35. The van der Waals surface area contributed by atoms with Crippen LogP contribution >= 0.6 is 0 Å². The molecule has 0 aliphatic carbocycles. The van der Waals surface area contributed by atoms with Crippen LogP contribution in [0.3, 0.4) is 0 Å². The zero-order chi connectivity index (χ0) is 28.6. The number of carbonyl (C=O) groups is 2. The van der Waals surface area contributed by atoms with Gasteiger partial charge in [-0.1, -0.05) is 13.8 Å². The molecule has 0 unspecified atom stereocenters. The van der Waals surface area contributed by atoms with E-state index in [4.69, 9.17) is 4.74 Å². The number of sulfonamides is 1. The molecule has 216 valence electrons. The van der Waals surface area contributed by atoms with Crippen molar-refractivity contribution in [3.8, 4) is 5.88 Å². The largest absolute Gasteiger partial charge is 0.476 e. The zero-order valence-corrected chi connectivity index (χ0v) is 24.2. The number of nitrogens with zero attached hydrogens (tertiary/aromatic N) is 5. The van der Waals surface area contributed by atoms with Crippen LogP contribution in [0.2, 0.25) is 0 Å². The van der Waals surface area contributed by atoms with E-state index >= 15 is 0 Å². The van der Waals surface area contributed by atoms with E-state index in [0.717, 1.165) is 19.5 Å². The van der Waals surface area contributed by atoms with Crippen molar-refractivity contribution in [1.82, 2.24) is 34.6 Å². The molecule has 0 atom stereocenters. The number of H-pyrrole nitrogens is 1. The number of aryl methyl sites for hydroxylation is 1. The molecule has 0 bridgehead atoms. The van der Waals surface area contributed by atoms with Crippen LogP contribution in [-0.4, -0.2) is 116 Å². The van der Waals surface area contributed by atoms with E-state index in [0.29, 0.717) is 44.8 Å². The van der Waals surface area contributed by atoms with Crippen molar-refractivity contribution in [2.24, 2.45) is 0 Å². The van der Waals surface area contributed by atoms with Gasteiger partial charge < -0.3 is 25.2 Å². The van der Waals surface area contributed by atoms with Crippen molar-refractivity contribution >= 4 is 27.5 Å². The number of likely N-dealkylation sites (N-methyl/N-ethyl adjacent to an activating group) is 1. The zero-order valence-electron chi connectivity index (χ0n) is 23.4. The fraction of sp³-hybridized carbons (Fsp3) is 0.600. The van der Waals surface area contributed by atoms with Crippen LogP contribution in [0.15, 0.2) is 17.2 Å². The first-order valence-electron chi connectivity index (χ1n) is 13.3. The summed E-state index contributed by atoms with van der Waals surface area (Å²) in [5.41, 5.74) is 0.636. The Bertz CT molecular complexity index is 1240. The van der Waals surface area contributed by atoms with Crippen LogP contribution in [0.5, 0.6) is 5.88 Å². The number of carbonyl (C=O) groups excluding carboxylic acids is 2. The summed E-state index contributed by atoms with van der Waals surface area (Å²) in [4.78, 5) is 34.7. The smallest absolute Gasteiger partial charge is 0.272 e. The molecule has 1 aliphatic heterocycles. The Labute approximate surface area is 230 Å². The Morgan fingerprint density at radius 2 is 1.85 bits per heavy atom. The van der Waals surface area contributed by atoms with Gasteiger partial charge in [-0.3, -0.25) is 14.7 Å². The van der Waals surface area contributed by atoms with Crippen molar-refractivity contribution in [3.63, 3.8) is 0 Å². The Hall–Kier alpha value is -3.07. The molecule has 1 aliphatic rings. The van der Waals surface area contributed by atoms with Crippen LogP contribution in [0.25, 0.3) is 0 Å². The van der Waals surface area contributed by atoms with Gasteiger partial charge in [-0.2, -0.15) is 9.40 Å². The SMILES string of the molecule is CCOc1ncc(S(=O)(=O)N2CCN(CC)CC2)cc1NC(=O)c1c(C(=O)NCCCN(C)C)n[nH]c1CC. The van der Waals surface area contributed by atoms with Crippen molar-refractivity contribution in [2.45, 2.75) is 38.5 Å². The van der Waals surface area contributed by atoms with Gasteiger partial charge in [0.25, 0.3) is 11.8 Å². The monoisotopic (exact) mass is 564 g/mol. The molecule has 1 fully saturated rings. The second-order valence-electron chi connectivity index (χ2n) is 9.44. The maximum atomic E-state index is 13.5. The van der Waals surface area contributed by atoms with Crippen molar-refractivity contribution < 1.29 is 22.7 Å². The number of hydrogen-bond donors (Lipinski definition) is 3. The third kappa shape index (κ3) is 7.53. The van der Waals surface area contributed by atoms with E-state index in [-0.39, 0.29) is 34.3 Å². The first kappa shape index (κ1) is 30.5. The maximum absolute atomic E-state index is 13.5. The second-order valence-corrected chi connectivity index (χ2v) is 11.4. The lowest BCUT2D eigenvalue weighted by atomic mass is 10.1. The van der Waals surface area contributed by atoms with E-state index in [9.17, 15) is 18.0 Å². The Morgan fingerprint density at radius 3 is 2.46 bits per heavy atom. The first-order valence-corrected chi connectivity index (χ1v) is 14.7. The average molecular weight is 565 g/mol. The number of nitrogens with one attached hydrogen (secondary N) is 3. The number of amides is 2. The molecule has 39 heavy (non-hydrogen) atoms. The predicted molar refractivity (Wildman–Crippen MR) is 148 cm³/mol. The second kappa shape index (κ2) is 13.8. The van der Waals surface area contributed by atoms with Gasteiger partial charge >= 0.3 is 0 Å². The van der Waals surface area contributed by atoms with Crippen LogP contribution in [0.4, 0.5) is 5.69 Å². The normalized spacial score (nSPS) is 14.9. The third-order valence-electron chi connectivity index (χ3n) is 6.48. The van der Waals surface area contributed by atoms with Gasteiger partial charge in [0, 0.05) is 38.4 Å². The van der Waals surface area contributed by atoms with Gasteiger partial charge in [0.2, 0.25) is 15.9 Å². The quantitative estimate of drug-likeness (QED) is 0.303. The van der Waals surface area contributed by atoms with Crippen molar-refractivity contribution in [3.05, 3.63) is 29.2 Å². The molecule has 14 heteroatoms. The molecular formula is C25H40N8O5S. The molecule has 3 heterocycles. The lowest BCUT2D eigenvalue weighted by molar-refractivity contribution is 0.0934. The lowest BCUT2D eigenvalue weighted by Gasteiger charge is -2.33. The summed E-state index contributed by atoms with van der Waals surface area (Å²) < 4.78 is 33.7. The molecular weight excluding hydrogens is 524 g/mol. The molecule has 3 rings (SSSR count). The summed E-state index contributed by atoms with van der Waals surface area (Å²) in [5, 5.41) is 12.4. The maximum Gasteiger partial charge on any atom is 0.272 e. The minimum atomic E-state index is -3.84. The fourth-order valence-electron chi connectivity index (χ4n) is 4.26. The number of pyridine rings is 1. The summed E-state index contributed by atoms with van der Waals surface area (Å²) in [5.74, 6) is -1.01. The predicted octanol–water partition coefficient (Wildman–Crippen LogP) is 1.03. The summed E-state index contributed by atoms with van der Waals surface area (Å²) >= 11 is 0. The summed E-state index contributed by atoms with van der Waals surface area (Å²) in [6.07, 6.45) is 2.41. The van der Waals surface area contributed by atoms with E-state index < -0.39 is 21.8 Å². The summed E-state index contributed by atoms with van der Waals surface area (Å²) in [7, 11) is 0.0561. The Balaban J connectivity index is 1.86. The average Bonchev–Trinajstić information content (AvgIpc) is 3.36. The van der Waals surface area contributed by atoms with Crippen LogP contribution in [0.1, 0.15) is 53.7 Å². The van der Waals surface area contributed by atoms with E-state index in [1.54, 1.807) is 6.92 Å².